The van der Waals surface area contributed by atoms with Crippen molar-refractivity contribution in [1.29, 1.82) is 0 Å². The highest BCUT2D eigenvalue weighted by molar-refractivity contribution is 5.90. The van der Waals surface area contributed by atoms with Gasteiger partial charge in [0.25, 0.3) is 0 Å². The van der Waals surface area contributed by atoms with Crippen LogP contribution >= 0.6 is 0 Å². The van der Waals surface area contributed by atoms with E-state index in [9.17, 15) is 9.59 Å². The molecule has 0 bridgehead atoms. The number of benzene rings is 1. The summed E-state index contributed by atoms with van der Waals surface area (Å²) >= 11 is 0. The first-order chi connectivity index (χ1) is 11.1. The number of carbonyl (C=O) groups is 2. The minimum Gasteiger partial charge on any atom is -0.442 e. The molecule has 8 heteroatoms. The maximum absolute atomic E-state index is 12.0. The first-order valence-corrected chi connectivity index (χ1v) is 7.49. The SMILES string of the molecule is CC(=O)NC[C@H]1CN(c2ccc(N3C=NNCC3)cc2)C(=O)O1. The van der Waals surface area contributed by atoms with Crippen LogP contribution in [0.4, 0.5) is 16.2 Å². The second-order valence-electron chi connectivity index (χ2n) is 5.42. The Kier molecular flexibility index (Phi) is 4.31. The van der Waals surface area contributed by atoms with Crippen molar-refractivity contribution in [1.82, 2.24) is 10.7 Å². The topological polar surface area (TPSA) is 86.3 Å². The molecule has 0 spiro atoms. The van der Waals surface area contributed by atoms with Gasteiger partial charge in [-0.25, -0.2) is 4.79 Å². The highest BCUT2D eigenvalue weighted by atomic mass is 16.6. The van der Waals surface area contributed by atoms with E-state index in [4.69, 9.17) is 4.74 Å². The van der Waals surface area contributed by atoms with Crippen LogP contribution in [0.5, 0.6) is 0 Å². The summed E-state index contributed by atoms with van der Waals surface area (Å²) in [6.45, 7) is 3.82. The minimum absolute atomic E-state index is 0.137. The highest BCUT2D eigenvalue weighted by Gasteiger charge is 2.32. The van der Waals surface area contributed by atoms with Gasteiger partial charge in [0.15, 0.2) is 0 Å². The largest absolute Gasteiger partial charge is 0.442 e. The summed E-state index contributed by atoms with van der Waals surface area (Å²) < 4.78 is 5.26. The van der Waals surface area contributed by atoms with Crippen LogP contribution in [0, 0.1) is 0 Å². The summed E-state index contributed by atoms with van der Waals surface area (Å²) in [5, 5.41) is 6.69. The van der Waals surface area contributed by atoms with E-state index in [0.29, 0.717) is 13.1 Å². The molecular weight excluding hydrogens is 298 g/mol. The van der Waals surface area contributed by atoms with Gasteiger partial charge in [-0.05, 0) is 24.3 Å². The molecule has 2 aliphatic heterocycles. The number of hydrazone groups is 1. The lowest BCUT2D eigenvalue weighted by Crippen LogP contribution is -2.35. The molecule has 3 rings (SSSR count). The molecule has 2 aliphatic rings. The first kappa shape index (κ1) is 15.1. The lowest BCUT2D eigenvalue weighted by molar-refractivity contribution is -0.119. The van der Waals surface area contributed by atoms with E-state index in [1.54, 1.807) is 11.2 Å². The summed E-state index contributed by atoms with van der Waals surface area (Å²) in [6, 6.07) is 7.66. The van der Waals surface area contributed by atoms with E-state index in [0.717, 1.165) is 24.5 Å². The van der Waals surface area contributed by atoms with Gasteiger partial charge in [-0.2, -0.15) is 5.10 Å². The van der Waals surface area contributed by atoms with Crippen molar-refractivity contribution >= 4 is 29.7 Å². The van der Waals surface area contributed by atoms with Gasteiger partial charge in [-0.1, -0.05) is 0 Å². The molecule has 2 heterocycles. The van der Waals surface area contributed by atoms with E-state index in [1.807, 2.05) is 29.2 Å². The van der Waals surface area contributed by atoms with Crippen LogP contribution in [-0.4, -0.2) is 50.6 Å². The number of anilines is 2. The molecule has 1 aromatic carbocycles. The second kappa shape index (κ2) is 6.55. The molecule has 1 fully saturated rings. The van der Waals surface area contributed by atoms with Crippen molar-refractivity contribution in [2.24, 2.45) is 5.10 Å². The van der Waals surface area contributed by atoms with Crippen LogP contribution in [0.2, 0.25) is 0 Å². The Morgan fingerprint density at radius 2 is 2.13 bits per heavy atom. The predicted molar refractivity (Wildman–Crippen MR) is 86.6 cm³/mol. The number of hydrogen-bond donors (Lipinski definition) is 2. The molecule has 1 saturated heterocycles. The number of cyclic esters (lactones) is 1. The van der Waals surface area contributed by atoms with Crippen LogP contribution in [0.25, 0.3) is 0 Å². The van der Waals surface area contributed by atoms with E-state index in [1.165, 1.54) is 6.92 Å². The van der Waals surface area contributed by atoms with Gasteiger partial charge in [0.05, 0.1) is 19.6 Å². The number of nitrogens with one attached hydrogen (secondary N) is 2. The number of amides is 2. The van der Waals surface area contributed by atoms with Crippen molar-refractivity contribution in [3.05, 3.63) is 24.3 Å². The van der Waals surface area contributed by atoms with Crippen molar-refractivity contribution in [3.63, 3.8) is 0 Å². The molecule has 0 unspecified atom stereocenters. The predicted octanol–water partition coefficient (Wildman–Crippen LogP) is 0.501. The summed E-state index contributed by atoms with van der Waals surface area (Å²) in [7, 11) is 0. The Balaban J connectivity index is 1.65. The van der Waals surface area contributed by atoms with Gasteiger partial charge < -0.3 is 20.4 Å². The van der Waals surface area contributed by atoms with E-state index >= 15 is 0 Å². The third-order valence-electron chi connectivity index (χ3n) is 3.70. The number of hydrogen-bond acceptors (Lipinski definition) is 6. The fraction of sp³-hybridized carbons (Fsp3) is 0.400. The Bertz CT molecular complexity index is 616. The molecular formula is C15H19N5O3. The quantitative estimate of drug-likeness (QED) is 0.844. The third-order valence-corrected chi connectivity index (χ3v) is 3.70. The maximum atomic E-state index is 12.0. The van der Waals surface area contributed by atoms with Crippen LogP contribution < -0.4 is 20.5 Å². The van der Waals surface area contributed by atoms with Gasteiger partial charge in [0.1, 0.15) is 12.4 Å². The van der Waals surface area contributed by atoms with Gasteiger partial charge >= 0.3 is 6.09 Å². The normalized spacial score (nSPS) is 20.2. The number of carbonyl (C=O) groups excluding carboxylic acids is 2. The monoisotopic (exact) mass is 317 g/mol. The third kappa shape index (κ3) is 3.53. The molecule has 2 amide bonds. The van der Waals surface area contributed by atoms with Crippen molar-refractivity contribution in [3.8, 4) is 0 Å². The van der Waals surface area contributed by atoms with E-state index in [-0.39, 0.29) is 12.0 Å². The van der Waals surface area contributed by atoms with Gasteiger partial charge in [0.2, 0.25) is 5.91 Å². The van der Waals surface area contributed by atoms with Crippen molar-refractivity contribution in [2.75, 3.05) is 36.0 Å². The Hall–Kier alpha value is -2.77. The summed E-state index contributed by atoms with van der Waals surface area (Å²) in [6.07, 6.45) is 1.02. The molecule has 2 N–H and O–H groups in total. The maximum Gasteiger partial charge on any atom is 0.414 e. The molecule has 23 heavy (non-hydrogen) atoms. The molecule has 0 aromatic heterocycles. The standard InChI is InChI=1S/C15H19N5O3/c1-11(21)16-8-14-9-20(15(22)23-14)13-4-2-12(3-5-13)19-7-6-17-18-10-19/h2-5,10,14,17H,6-9H2,1H3,(H,16,21)/t14-/m0/s1. The van der Waals surface area contributed by atoms with Gasteiger partial charge in [-0.3, -0.25) is 9.69 Å². The van der Waals surface area contributed by atoms with Crippen LogP contribution in [0.1, 0.15) is 6.92 Å². The molecule has 122 valence electrons. The summed E-state index contributed by atoms with van der Waals surface area (Å²) in [5.74, 6) is -0.137. The van der Waals surface area contributed by atoms with Crippen LogP contribution in [0.3, 0.4) is 0 Å². The summed E-state index contributed by atoms with van der Waals surface area (Å²) in [4.78, 5) is 26.5. The highest BCUT2D eigenvalue weighted by Crippen LogP contribution is 2.24. The lowest BCUT2D eigenvalue weighted by Gasteiger charge is -2.23. The Morgan fingerprint density at radius 3 is 2.78 bits per heavy atom. The molecule has 0 radical (unpaired) electrons. The van der Waals surface area contributed by atoms with Gasteiger partial charge in [-0.15, -0.1) is 0 Å². The molecule has 1 aromatic rings. The minimum atomic E-state index is -0.392. The fourth-order valence-electron chi connectivity index (χ4n) is 2.52. The summed E-state index contributed by atoms with van der Waals surface area (Å²) in [5.41, 5.74) is 4.69. The zero-order valence-corrected chi connectivity index (χ0v) is 12.9. The second-order valence-corrected chi connectivity index (χ2v) is 5.42. The molecule has 1 atom stereocenters. The van der Waals surface area contributed by atoms with E-state index in [2.05, 4.69) is 15.8 Å². The lowest BCUT2D eigenvalue weighted by atomic mass is 10.2. The smallest absolute Gasteiger partial charge is 0.414 e. The molecule has 0 saturated carbocycles. The number of nitrogens with zero attached hydrogens (tertiary/aromatic N) is 3. The number of rotatable bonds is 4. The zero-order chi connectivity index (χ0) is 16.2. The molecule has 0 aliphatic carbocycles. The average Bonchev–Trinajstić information content (AvgIpc) is 2.95. The van der Waals surface area contributed by atoms with Crippen molar-refractivity contribution in [2.45, 2.75) is 13.0 Å². The fourth-order valence-corrected chi connectivity index (χ4v) is 2.52. The van der Waals surface area contributed by atoms with Crippen molar-refractivity contribution < 1.29 is 14.3 Å². The Morgan fingerprint density at radius 1 is 1.39 bits per heavy atom. The van der Waals surface area contributed by atoms with E-state index < -0.39 is 6.09 Å². The first-order valence-electron chi connectivity index (χ1n) is 7.49. The Labute approximate surface area is 134 Å². The number of ether oxygens (including phenoxy) is 1. The van der Waals surface area contributed by atoms with Gasteiger partial charge in [0, 0.05) is 24.8 Å². The molecule has 8 nitrogen and oxygen atoms in total. The van der Waals surface area contributed by atoms with Crippen LogP contribution in [-0.2, 0) is 9.53 Å². The average molecular weight is 317 g/mol. The zero-order valence-electron chi connectivity index (χ0n) is 12.9. The van der Waals surface area contributed by atoms with Crippen LogP contribution in [0.15, 0.2) is 29.4 Å².